The molecule has 0 bridgehead atoms. The van der Waals surface area contributed by atoms with Gasteiger partial charge in [-0.25, -0.2) is 4.98 Å². The Morgan fingerprint density at radius 2 is 2.15 bits per heavy atom. The number of nitrogens with two attached hydrogens (primary N) is 1. The summed E-state index contributed by atoms with van der Waals surface area (Å²) in [5.41, 5.74) is 9.74. The lowest BCUT2D eigenvalue weighted by Gasteiger charge is -2.18. The van der Waals surface area contributed by atoms with Crippen LogP contribution in [0.15, 0.2) is 23.7 Å². The molecule has 2 N–H and O–H groups in total. The molecule has 3 heteroatoms. The van der Waals surface area contributed by atoms with Crippen molar-refractivity contribution in [3.05, 3.63) is 29.3 Å². The maximum absolute atomic E-state index is 5.99. The Hall–Kier alpha value is -0.930. The SMILES string of the molecule is CC(C)(N)c1ccc2scnc2c1. The third kappa shape index (κ3) is 1.57. The van der Waals surface area contributed by atoms with Crippen LogP contribution in [-0.2, 0) is 5.54 Å². The Balaban J connectivity index is 2.61. The zero-order valence-corrected chi connectivity index (χ0v) is 8.56. The quantitative estimate of drug-likeness (QED) is 0.754. The first kappa shape index (κ1) is 8.66. The van der Waals surface area contributed by atoms with Gasteiger partial charge in [0.15, 0.2) is 0 Å². The summed E-state index contributed by atoms with van der Waals surface area (Å²) in [5.74, 6) is 0. The fraction of sp³-hybridized carbons (Fsp3) is 0.300. The molecule has 2 rings (SSSR count). The number of hydrogen-bond acceptors (Lipinski definition) is 3. The molecule has 1 heterocycles. The molecule has 0 radical (unpaired) electrons. The lowest BCUT2D eigenvalue weighted by atomic mass is 9.96. The highest BCUT2D eigenvalue weighted by molar-refractivity contribution is 7.16. The summed E-state index contributed by atoms with van der Waals surface area (Å²) in [6, 6.07) is 6.21. The third-order valence-corrected chi connectivity index (χ3v) is 2.88. The van der Waals surface area contributed by atoms with E-state index in [-0.39, 0.29) is 5.54 Å². The second-order valence-corrected chi connectivity index (χ2v) is 4.64. The minimum Gasteiger partial charge on any atom is -0.322 e. The Labute approximate surface area is 81.4 Å². The first-order chi connectivity index (χ1) is 6.07. The van der Waals surface area contributed by atoms with Crippen LogP contribution in [0.2, 0.25) is 0 Å². The van der Waals surface area contributed by atoms with Crippen molar-refractivity contribution in [2.24, 2.45) is 5.73 Å². The Morgan fingerprint density at radius 3 is 2.85 bits per heavy atom. The van der Waals surface area contributed by atoms with Crippen LogP contribution in [0.4, 0.5) is 0 Å². The molecule has 0 saturated heterocycles. The van der Waals surface area contributed by atoms with E-state index >= 15 is 0 Å². The van der Waals surface area contributed by atoms with Gasteiger partial charge in [-0.3, -0.25) is 0 Å². The molecule has 0 spiro atoms. The van der Waals surface area contributed by atoms with E-state index in [1.807, 2.05) is 19.4 Å². The molecule has 0 amide bonds. The summed E-state index contributed by atoms with van der Waals surface area (Å²) in [5, 5.41) is 0. The molecule has 0 fully saturated rings. The second kappa shape index (κ2) is 2.79. The summed E-state index contributed by atoms with van der Waals surface area (Å²) < 4.78 is 1.22. The monoisotopic (exact) mass is 192 g/mol. The maximum Gasteiger partial charge on any atom is 0.0815 e. The number of benzene rings is 1. The number of thiazole rings is 1. The van der Waals surface area contributed by atoms with Crippen LogP contribution in [0.25, 0.3) is 10.2 Å². The number of rotatable bonds is 1. The van der Waals surface area contributed by atoms with Gasteiger partial charge in [-0.15, -0.1) is 11.3 Å². The molecule has 2 aromatic rings. The Morgan fingerprint density at radius 1 is 1.38 bits per heavy atom. The molecule has 0 aliphatic heterocycles. The number of hydrogen-bond donors (Lipinski definition) is 1. The van der Waals surface area contributed by atoms with Crippen molar-refractivity contribution >= 4 is 21.6 Å². The van der Waals surface area contributed by atoms with Gasteiger partial charge in [-0.05, 0) is 31.5 Å². The molecule has 2 nitrogen and oxygen atoms in total. The van der Waals surface area contributed by atoms with Crippen LogP contribution in [0.5, 0.6) is 0 Å². The summed E-state index contributed by atoms with van der Waals surface area (Å²) in [6.45, 7) is 4.00. The highest BCUT2D eigenvalue weighted by atomic mass is 32.1. The molecule has 0 aliphatic rings. The van der Waals surface area contributed by atoms with Gasteiger partial charge >= 0.3 is 0 Å². The molecular weight excluding hydrogens is 180 g/mol. The number of fused-ring (bicyclic) bond motifs is 1. The van der Waals surface area contributed by atoms with Crippen molar-refractivity contribution in [2.75, 3.05) is 0 Å². The van der Waals surface area contributed by atoms with Gasteiger partial charge in [0.25, 0.3) is 0 Å². The first-order valence-corrected chi connectivity index (χ1v) is 5.08. The molecule has 13 heavy (non-hydrogen) atoms. The average Bonchev–Trinajstić information content (AvgIpc) is 2.47. The predicted molar refractivity (Wildman–Crippen MR) is 56.8 cm³/mol. The Kier molecular flexibility index (Phi) is 1.86. The van der Waals surface area contributed by atoms with E-state index in [0.717, 1.165) is 11.1 Å². The molecule has 0 saturated carbocycles. The van der Waals surface area contributed by atoms with Gasteiger partial charge in [0.2, 0.25) is 0 Å². The lowest BCUT2D eigenvalue weighted by Crippen LogP contribution is -2.28. The molecule has 0 atom stereocenters. The van der Waals surface area contributed by atoms with E-state index in [4.69, 9.17) is 5.73 Å². The molecule has 0 aliphatic carbocycles. The van der Waals surface area contributed by atoms with Gasteiger partial charge in [-0.1, -0.05) is 6.07 Å². The van der Waals surface area contributed by atoms with Crippen LogP contribution >= 0.6 is 11.3 Å². The van der Waals surface area contributed by atoms with Crippen LogP contribution in [-0.4, -0.2) is 4.98 Å². The molecule has 68 valence electrons. The maximum atomic E-state index is 5.99. The lowest BCUT2D eigenvalue weighted by molar-refractivity contribution is 0.555. The summed E-state index contributed by atoms with van der Waals surface area (Å²) in [4.78, 5) is 4.26. The standard InChI is InChI=1S/C10H12N2S/c1-10(2,11)7-3-4-9-8(5-7)12-6-13-9/h3-6H,11H2,1-2H3. The van der Waals surface area contributed by atoms with Gasteiger partial charge in [-0.2, -0.15) is 0 Å². The molecule has 1 aromatic carbocycles. The highest BCUT2D eigenvalue weighted by Crippen LogP contribution is 2.23. The van der Waals surface area contributed by atoms with Crippen molar-refractivity contribution in [2.45, 2.75) is 19.4 Å². The molecule has 0 unspecified atom stereocenters. The van der Waals surface area contributed by atoms with Crippen molar-refractivity contribution < 1.29 is 0 Å². The van der Waals surface area contributed by atoms with Crippen molar-refractivity contribution in [3.8, 4) is 0 Å². The van der Waals surface area contributed by atoms with Crippen LogP contribution in [0, 0.1) is 0 Å². The molecule has 1 aromatic heterocycles. The number of aromatic nitrogens is 1. The van der Waals surface area contributed by atoms with Crippen molar-refractivity contribution in [1.29, 1.82) is 0 Å². The highest BCUT2D eigenvalue weighted by Gasteiger charge is 2.14. The topological polar surface area (TPSA) is 38.9 Å². The second-order valence-electron chi connectivity index (χ2n) is 3.76. The Bertz CT molecular complexity index is 426. The summed E-state index contributed by atoms with van der Waals surface area (Å²) in [7, 11) is 0. The average molecular weight is 192 g/mol. The minimum absolute atomic E-state index is 0.280. The van der Waals surface area contributed by atoms with Crippen molar-refractivity contribution in [3.63, 3.8) is 0 Å². The van der Waals surface area contributed by atoms with Gasteiger partial charge in [0, 0.05) is 5.54 Å². The van der Waals surface area contributed by atoms with Crippen molar-refractivity contribution in [1.82, 2.24) is 4.98 Å². The van der Waals surface area contributed by atoms with E-state index in [9.17, 15) is 0 Å². The van der Waals surface area contributed by atoms with E-state index in [1.54, 1.807) is 11.3 Å². The molecular formula is C10H12N2S. The van der Waals surface area contributed by atoms with E-state index < -0.39 is 0 Å². The van der Waals surface area contributed by atoms with E-state index in [1.165, 1.54) is 4.70 Å². The summed E-state index contributed by atoms with van der Waals surface area (Å²) >= 11 is 1.65. The minimum atomic E-state index is -0.280. The van der Waals surface area contributed by atoms with E-state index in [0.29, 0.717) is 0 Å². The number of nitrogens with zero attached hydrogens (tertiary/aromatic N) is 1. The van der Waals surface area contributed by atoms with Crippen LogP contribution in [0.3, 0.4) is 0 Å². The van der Waals surface area contributed by atoms with Crippen LogP contribution in [0.1, 0.15) is 19.4 Å². The zero-order valence-electron chi connectivity index (χ0n) is 7.74. The fourth-order valence-corrected chi connectivity index (χ4v) is 1.92. The smallest absolute Gasteiger partial charge is 0.0815 e. The van der Waals surface area contributed by atoms with Gasteiger partial charge in [0.1, 0.15) is 0 Å². The largest absolute Gasteiger partial charge is 0.322 e. The van der Waals surface area contributed by atoms with Gasteiger partial charge in [0.05, 0.1) is 15.7 Å². The van der Waals surface area contributed by atoms with E-state index in [2.05, 4.69) is 23.2 Å². The first-order valence-electron chi connectivity index (χ1n) is 4.20. The normalized spacial score (nSPS) is 12.2. The summed E-state index contributed by atoms with van der Waals surface area (Å²) in [6.07, 6.45) is 0. The third-order valence-electron chi connectivity index (χ3n) is 2.07. The fourth-order valence-electron chi connectivity index (χ4n) is 1.26. The van der Waals surface area contributed by atoms with Crippen LogP contribution < -0.4 is 5.73 Å². The zero-order chi connectivity index (χ0) is 9.47. The predicted octanol–water partition coefficient (Wildman–Crippen LogP) is 2.49. The van der Waals surface area contributed by atoms with Gasteiger partial charge < -0.3 is 5.73 Å².